The standard InChI is InChI=1S/C42H67N7O12S/c1-11-12-13-14-19-30(48-62(58,59)33-21-16-17-27-28(33)18-15-20-32(27)49(9)10)36(52)45-29(22-24-43-39(56)60-41(3,4)5)35(51)47-34(26(2)50)37(53)46-31(38(54)55)23-25-44-40(57)61-42(6,7)8/h15-18,20-21,26,29-31,34,48,50H,11-14,19,22-25H2,1-10H3,(H,43,56)(H,44,57)(H,45,52)(H,46,53)(H,47,51)(H,54,55)/t26-,29+,30+,31+,34+/m1/s1. The lowest BCUT2D eigenvalue weighted by Gasteiger charge is -2.27. The Labute approximate surface area is 364 Å². The predicted molar refractivity (Wildman–Crippen MR) is 234 cm³/mol. The van der Waals surface area contributed by atoms with Gasteiger partial charge in [-0.15, -0.1) is 0 Å². The fourth-order valence-electron chi connectivity index (χ4n) is 6.14. The molecule has 0 saturated carbocycles. The third-order valence-electron chi connectivity index (χ3n) is 9.10. The molecule has 19 nitrogen and oxygen atoms in total. The number of unbranched alkanes of at least 4 members (excludes halogenated alkanes) is 3. The summed E-state index contributed by atoms with van der Waals surface area (Å²) in [6.45, 7) is 12.6. The zero-order chi connectivity index (χ0) is 47.0. The number of nitrogens with zero attached hydrogens (tertiary/aromatic N) is 1. The number of carboxylic acids is 1. The van der Waals surface area contributed by atoms with Crippen molar-refractivity contribution in [2.24, 2.45) is 0 Å². The highest BCUT2D eigenvalue weighted by Gasteiger charge is 2.35. The van der Waals surface area contributed by atoms with Crippen molar-refractivity contribution in [3.05, 3.63) is 36.4 Å². The molecule has 5 amide bonds. The van der Waals surface area contributed by atoms with Crippen molar-refractivity contribution in [1.82, 2.24) is 31.3 Å². The fourth-order valence-corrected chi connectivity index (χ4v) is 7.59. The minimum atomic E-state index is -4.37. The van der Waals surface area contributed by atoms with Crippen molar-refractivity contribution in [3.63, 3.8) is 0 Å². The van der Waals surface area contributed by atoms with Gasteiger partial charge in [-0.05, 0) is 79.9 Å². The third-order valence-corrected chi connectivity index (χ3v) is 10.6. The summed E-state index contributed by atoms with van der Waals surface area (Å²) < 4.78 is 41.2. The lowest BCUT2D eigenvalue weighted by molar-refractivity contribution is -0.143. The second-order valence-electron chi connectivity index (χ2n) is 17.2. The number of amides is 5. The maximum Gasteiger partial charge on any atom is 0.407 e. The summed E-state index contributed by atoms with van der Waals surface area (Å²) in [6, 6.07) is 3.86. The number of hydrogen-bond acceptors (Lipinski definition) is 12. The zero-order valence-corrected chi connectivity index (χ0v) is 38.4. The van der Waals surface area contributed by atoms with Crippen LogP contribution in [0.3, 0.4) is 0 Å². The summed E-state index contributed by atoms with van der Waals surface area (Å²) in [6.07, 6.45) is -0.901. The van der Waals surface area contributed by atoms with E-state index in [1.54, 1.807) is 65.8 Å². The van der Waals surface area contributed by atoms with Crippen molar-refractivity contribution in [1.29, 1.82) is 0 Å². The molecule has 0 fully saturated rings. The number of ether oxygens (including phenoxy) is 2. The number of benzene rings is 2. The van der Waals surface area contributed by atoms with E-state index in [4.69, 9.17) is 9.47 Å². The van der Waals surface area contributed by atoms with Gasteiger partial charge in [0, 0.05) is 43.6 Å². The average molecular weight is 894 g/mol. The average Bonchev–Trinajstić information content (AvgIpc) is 3.14. The van der Waals surface area contributed by atoms with Crippen LogP contribution in [0, 0.1) is 0 Å². The first-order chi connectivity index (χ1) is 28.8. The van der Waals surface area contributed by atoms with Crippen molar-refractivity contribution >= 4 is 62.4 Å². The summed E-state index contributed by atoms with van der Waals surface area (Å²) in [5.74, 6) is -4.45. The first-order valence-electron chi connectivity index (χ1n) is 20.7. The molecule has 2 aromatic carbocycles. The lowest BCUT2D eigenvalue weighted by Crippen LogP contribution is -2.60. The third kappa shape index (κ3) is 18.0. The second kappa shape index (κ2) is 23.9. The molecular weight excluding hydrogens is 827 g/mol. The van der Waals surface area contributed by atoms with E-state index in [0.29, 0.717) is 23.6 Å². The Hall–Kier alpha value is -5.21. The topological polar surface area (TPSA) is 271 Å². The number of alkyl carbamates (subject to hydrolysis) is 2. The van der Waals surface area contributed by atoms with E-state index in [2.05, 4.69) is 31.3 Å². The first kappa shape index (κ1) is 52.9. The number of rotatable bonds is 23. The summed E-state index contributed by atoms with van der Waals surface area (Å²) >= 11 is 0. The van der Waals surface area contributed by atoms with Gasteiger partial charge in [-0.2, -0.15) is 4.72 Å². The molecule has 0 spiro atoms. The number of carboxylic acid groups (broad SMARTS) is 1. The monoisotopic (exact) mass is 893 g/mol. The molecule has 0 aromatic heterocycles. The summed E-state index contributed by atoms with van der Waals surface area (Å²) in [5, 5.41) is 33.6. The van der Waals surface area contributed by atoms with Gasteiger partial charge in [0.2, 0.25) is 27.7 Å². The van der Waals surface area contributed by atoms with Gasteiger partial charge in [0.15, 0.2) is 0 Å². The number of hydrogen-bond donors (Lipinski definition) is 8. The van der Waals surface area contributed by atoms with Crippen LogP contribution in [-0.4, -0.2) is 123 Å². The molecule has 0 saturated heterocycles. The van der Waals surface area contributed by atoms with E-state index >= 15 is 0 Å². The Morgan fingerprint density at radius 2 is 1.21 bits per heavy atom. The van der Waals surface area contributed by atoms with Gasteiger partial charge < -0.3 is 51.2 Å². The molecule has 0 aliphatic carbocycles. The molecule has 0 aliphatic rings. The maximum atomic E-state index is 14.2. The molecule has 20 heteroatoms. The van der Waals surface area contributed by atoms with Crippen molar-refractivity contribution in [2.45, 2.75) is 147 Å². The van der Waals surface area contributed by atoms with Crippen LogP contribution in [0.4, 0.5) is 15.3 Å². The molecule has 62 heavy (non-hydrogen) atoms. The summed E-state index contributed by atoms with van der Waals surface area (Å²) in [7, 11) is -0.703. The number of aliphatic carboxylic acids is 1. The summed E-state index contributed by atoms with van der Waals surface area (Å²) in [4.78, 5) is 79.9. The molecule has 8 N–H and O–H groups in total. The molecule has 0 bridgehead atoms. The SMILES string of the molecule is CCCCCC[C@H](NS(=O)(=O)c1cccc2c(N(C)C)cccc12)C(=O)N[C@@H](CCNC(=O)OC(C)(C)C)C(=O)N[C@H](C(=O)N[C@@H](CCNC(=O)OC(C)(C)C)C(=O)O)[C@@H](C)O. The van der Waals surface area contributed by atoms with Crippen LogP contribution in [0.5, 0.6) is 0 Å². The number of nitrogens with one attached hydrogen (secondary N) is 6. The van der Waals surface area contributed by atoms with Crippen molar-refractivity contribution < 1.29 is 56.9 Å². The Balaban J connectivity index is 2.43. The van der Waals surface area contributed by atoms with Crippen molar-refractivity contribution in [2.75, 3.05) is 32.1 Å². The number of aliphatic hydroxyl groups excluding tert-OH is 1. The Morgan fingerprint density at radius 1 is 0.694 bits per heavy atom. The van der Waals surface area contributed by atoms with Gasteiger partial charge >= 0.3 is 18.2 Å². The molecule has 0 unspecified atom stereocenters. The fraction of sp³-hybridized carbons (Fsp3) is 0.619. The van der Waals surface area contributed by atoms with Gasteiger partial charge in [-0.25, -0.2) is 22.8 Å². The van der Waals surface area contributed by atoms with E-state index in [1.165, 1.54) is 13.0 Å². The van der Waals surface area contributed by atoms with Crippen LogP contribution in [0.1, 0.15) is 100 Å². The number of aliphatic hydroxyl groups is 1. The van der Waals surface area contributed by atoms with Crippen LogP contribution in [0.15, 0.2) is 41.3 Å². The minimum absolute atomic E-state index is 0.0569. The van der Waals surface area contributed by atoms with Gasteiger partial charge in [-0.3, -0.25) is 14.4 Å². The van der Waals surface area contributed by atoms with Gasteiger partial charge in [0.1, 0.15) is 35.4 Å². The molecular formula is C42H67N7O12S. The largest absolute Gasteiger partial charge is 0.480 e. The van der Waals surface area contributed by atoms with E-state index in [-0.39, 0.29) is 37.2 Å². The molecule has 0 aliphatic heterocycles. The van der Waals surface area contributed by atoms with Gasteiger partial charge in [0.05, 0.1) is 11.0 Å². The van der Waals surface area contributed by atoms with Crippen LogP contribution < -0.4 is 36.2 Å². The van der Waals surface area contributed by atoms with Crippen LogP contribution in [-0.2, 0) is 38.7 Å². The highest BCUT2D eigenvalue weighted by molar-refractivity contribution is 7.89. The van der Waals surface area contributed by atoms with Crippen LogP contribution >= 0.6 is 0 Å². The number of carbonyl (C=O) groups excluding carboxylic acids is 5. The van der Waals surface area contributed by atoms with Crippen molar-refractivity contribution in [3.8, 4) is 0 Å². The van der Waals surface area contributed by atoms with E-state index < -0.39 is 87.4 Å². The molecule has 0 heterocycles. The number of carbonyl (C=O) groups is 6. The molecule has 5 atom stereocenters. The molecule has 348 valence electrons. The first-order valence-corrected chi connectivity index (χ1v) is 22.2. The minimum Gasteiger partial charge on any atom is -0.480 e. The predicted octanol–water partition coefficient (Wildman–Crippen LogP) is 3.27. The lowest BCUT2D eigenvalue weighted by atomic mass is 10.1. The molecule has 0 radical (unpaired) electrons. The number of anilines is 1. The second-order valence-corrected chi connectivity index (χ2v) is 18.9. The van der Waals surface area contributed by atoms with Gasteiger partial charge in [0.25, 0.3) is 0 Å². The van der Waals surface area contributed by atoms with Crippen LogP contribution in [0.25, 0.3) is 10.8 Å². The smallest absolute Gasteiger partial charge is 0.407 e. The maximum absolute atomic E-state index is 14.2. The summed E-state index contributed by atoms with van der Waals surface area (Å²) in [5.41, 5.74) is -0.888. The Bertz CT molecular complexity index is 1960. The normalized spacial score (nSPS) is 14.3. The zero-order valence-electron chi connectivity index (χ0n) is 37.5. The van der Waals surface area contributed by atoms with E-state index in [1.807, 2.05) is 32.0 Å². The Kier molecular flexibility index (Phi) is 20.4. The Morgan fingerprint density at radius 3 is 1.73 bits per heavy atom. The quantitative estimate of drug-likeness (QED) is 0.0746. The van der Waals surface area contributed by atoms with E-state index in [9.17, 15) is 47.4 Å². The highest BCUT2D eigenvalue weighted by Crippen LogP contribution is 2.30. The molecule has 2 aromatic rings. The van der Waals surface area contributed by atoms with Crippen LogP contribution in [0.2, 0.25) is 0 Å². The number of sulfonamides is 1. The van der Waals surface area contributed by atoms with E-state index in [0.717, 1.165) is 18.5 Å². The van der Waals surface area contributed by atoms with Gasteiger partial charge in [-0.1, -0.05) is 56.9 Å². The highest BCUT2D eigenvalue weighted by atomic mass is 32.2. The number of fused-ring (bicyclic) bond motifs is 1. The molecule has 2 rings (SSSR count).